The molecule has 17 heavy (non-hydrogen) atoms. The molecule has 1 aliphatic carbocycles. The molecule has 0 aromatic carbocycles. The second-order valence-electron chi connectivity index (χ2n) is 5.98. The number of hydrogen-bond acceptors (Lipinski definition) is 3. The minimum Gasteiger partial charge on any atom is -0.378 e. The van der Waals surface area contributed by atoms with Crippen molar-refractivity contribution in [3.63, 3.8) is 0 Å². The van der Waals surface area contributed by atoms with Crippen molar-refractivity contribution < 1.29 is 9.53 Å². The maximum absolute atomic E-state index is 11.9. The Bertz CT molecular complexity index is 273. The van der Waals surface area contributed by atoms with Crippen LogP contribution in [0.15, 0.2) is 0 Å². The van der Waals surface area contributed by atoms with Gasteiger partial charge in [0.1, 0.15) is 0 Å². The van der Waals surface area contributed by atoms with Crippen molar-refractivity contribution >= 4 is 5.91 Å². The van der Waals surface area contributed by atoms with Crippen LogP contribution in [-0.2, 0) is 9.53 Å². The Balaban J connectivity index is 1.69. The Kier molecular flexibility index (Phi) is 4.05. The second kappa shape index (κ2) is 5.36. The van der Waals surface area contributed by atoms with E-state index >= 15 is 0 Å². The van der Waals surface area contributed by atoms with E-state index in [0.29, 0.717) is 31.2 Å². The van der Waals surface area contributed by atoms with E-state index in [1.807, 2.05) is 4.90 Å². The molecule has 0 radical (unpaired) electrons. The van der Waals surface area contributed by atoms with Gasteiger partial charge in [-0.2, -0.15) is 0 Å². The largest absolute Gasteiger partial charge is 0.378 e. The molecule has 4 nitrogen and oxygen atoms in total. The van der Waals surface area contributed by atoms with E-state index in [2.05, 4.69) is 19.2 Å². The van der Waals surface area contributed by atoms with Crippen molar-refractivity contribution in [2.45, 2.75) is 39.2 Å². The fraction of sp³-hybridized carbons (Fsp3) is 0.923. The normalized spacial score (nSPS) is 28.4. The molecule has 98 valence electrons. The first-order chi connectivity index (χ1) is 8.07. The molecule has 1 unspecified atom stereocenters. The fourth-order valence-electron chi connectivity index (χ4n) is 2.77. The summed E-state index contributed by atoms with van der Waals surface area (Å²) >= 11 is 0. The predicted molar refractivity (Wildman–Crippen MR) is 66.8 cm³/mol. The quantitative estimate of drug-likeness (QED) is 0.800. The molecule has 0 aromatic rings. The van der Waals surface area contributed by atoms with Crippen LogP contribution in [0.3, 0.4) is 0 Å². The van der Waals surface area contributed by atoms with E-state index in [4.69, 9.17) is 4.74 Å². The molecule has 1 atom stereocenters. The van der Waals surface area contributed by atoms with Gasteiger partial charge in [0.15, 0.2) is 0 Å². The third-order valence-electron chi connectivity index (χ3n) is 3.87. The third-order valence-corrected chi connectivity index (χ3v) is 3.87. The maximum Gasteiger partial charge on any atom is 0.236 e. The third kappa shape index (κ3) is 3.68. The van der Waals surface area contributed by atoms with E-state index in [1.165, 1.54) is 19.3 Å². The highest BCUT2D eigenvalue weighted by molar-refractivity contribution is 5.78. The van der Waals surface area contributed by atoms with Gasteiger partial charge in [-0.25, -0.2) is 0 Å². The molecular weight excluding hydrogens is 216 g/mol. The standard InChI is InChI=1S/C13H24N2O2/c1-13(2)4-3-11(9-13)14-10-12(16)15-5-7-17-8-6-15/h11,14H,3-10H2,1-2H3. The summed E-state index contributed by atoms with van der Waals surface area (Å²) in [4.78, 5) is 13.8. The zero-order valence-corrected chi connectivity index (χ0v) is 11.0. The molecule has 1 saturated heterocycles. The summed E-state index contributed by atoms with van der Waals surface area (Å²) in [5.41, 5.74) is 0.444. The number of nitrogens with zero attached hydrogens (tertiary/aromatic N) is 1. The van der Waals surface area contributed by atoms with Gasteiger partial charge in [0.05, 0.1) is 19.8 Å². The van der Waals surface area contributed by atoms with Gasteiger partial charge in [0.2, 0.25) is 5.91 Å². The molecule has 4 heteroatoms. The van der Waals surface area contributed by atoms with Gasteiger partial charge in [-0.05, 0) is 24.7 Å². The lowest BCUT2D eigenvalue weighted by molar-refractivity contribution is -0.134. The van der Waals surface area contributed by atoms with E-state index in [-0.39, 0.29) is 5.91 Å². The summed E-state index contributed by atoms with van der Waals surface area (Å²) < 4.78 is 5.24. The lowest BCUT2D eigenvalue weighted by Gasteiger charge is -2.27. The lowest BCUT2D eigenvalue weighted by atomic mass is 9.92. The SMILES string of the molecule is CC1(C)CCC(NCC(=O)N2CCOCC2)C1. The number of ether oxygens (including phenoxy) is 1. The first-order valence-electron chi connectivity index (χ1n) is 6.66. The highest BCUT2D eigenvalue weighted by atomic mass is 16.5. The molecule has 2 fully saturated rings. The van der Waals surface area contributed by atoms with Crippen molar-refractivity contribution in [1.29, 1.82) is 0 Å². The van der Waals surface area contributed by atoms with Crippen LogP contribution in [0.4, 0.5) is 0 Å². The number of carbonyl (C=O) groups excluding carboxylic acids is 1. The molecule has 1 saturated carbocycles. The maximum atomic E-state index is 11.9. The lowest BCUT2D eigenvalue weighted by Crippen LogP contribution is -2.46. The van der Waals surface area contributed by atoms with Gasteiger partial charge in [-0.15, -0.1) is 0 Å². The molecule has 1 amide bonds. The first kappa shape index (κ1) is 12.8. The Morgan fingerprint density at radius 3 is 2.71 bits per heavy atom. The minimum atomic E-state index is 0.220. The van der Waals surface area contributed by atoms with Crippen molar-refractivity contribution in [3.8, 4) is 0 Å². The average molecular weight is 240 g/mol. The van der Waals surface area contributed by atoms with Gasteiger partial charge in [-0.1, -0.05) is 13.8 Å². The summed E-state index contributed by atoms with van der Waals surface area (Å²) in [6.45, 7) is 7.95. The predicted octanol–water partition coefficient (Wildman–Crippen LogP) is 1.01. The Morgan fingerprint density at radius 1 is 1.41 bits per heavy atom. The van der Waals surface area contributed by atoms with Gasteiger partial charge in [0.25, 0.3) is 0 Å². The molecule has 2 aliphatic rings. The molecule has 1 aliphatic heterocycles. The Labute approximate surface area is 104 Å². The molecule has 1 heterocycles. The van der Waals surface area contributed by atoms with Crippen molar-refractivity contribution in [2.75, 3.05) is 32.8 Å². The van der Waals surface area contributed by atoms with E-state index in [0.717, 1.165) is 13.1 Å². The number of rotatable bonds is 3. The molecule has 0 spiro atoms. The van der Waals surface area contributed by atoms with Crippen molar-refractivity contribution in [2.24, 2.45) is 5.41 Å². The highest BCUT2D eigenvalue weighted by Crippen LogP contribution is 2.36. The van der Waals surface area contributed by atoms with E-state index < -0.39 is 0 Å². The number of carbonyl (C=O) groups is 1. The highest BCUT2D eigenvalue weighted by Gasteiger charge is 2.31. The summed E-state index contributed by atoms with van der Waals surface area (Å²) in [7, 11) is 0. The second-order valence-corrected chi connectivity index (χ2v) is 5.98. The summed E-state index contributed by atoms with van der Waals surface area (Å²) in [5.74, 6) is 0.220. The van der Waals surface area contributed by atoms with Crippen LogP contribution in [0.1, 0.15) is 33.1 Å². The van der Waals surface area contributed by atoms with Crippen LogP contribution >= 0.6 is 0 Å². The van der Waals surface area contributed by atoms with Crippen molar-refractivity contribution in [3.05, 3.63) is 0 Å². The zero-order chi connectivity index (χ0) is 12.3. The van der Waals surface area contributed by atoms with E-state index in [1.54, 1.807) is 0 Å². The van der Waals surface area contributed by atoms with Crippen LogP contribution in [-0.4, -0.2) is 49.7 Å². The number of hydrogen-bond donors (Lipinski definition) is 1. The summed E-state index contributed by atoms with van der Waals surface area (Å²) in [6, 6.07) is 0.523. The van der Waals surface area contributed by atoms with Gasteiger partial charge < -0.3 is 15.0 Å². The van der Waals surface area contributed by atoms with Crippen LogP contribution in [0.5, 0.6) is 0 Å². The van der Waals surface area contributed by atoms with Crippen LogP contribution in [0.25, 0.3) is 0 Å². The summed E-state index contributed by atoms with van der Waals surface area (Å²) in [6.07, 6.45) is 3.64. The molecule has 1 N–H and O–H groups in total. The van der Waals surface area contributed by atoms with Crippen LogP contribution in [0, 0.1) is 5.41 Å². The van der Waals surface area contributed by atoms with Crippen LogP contribution in [0.2, 0.25) is 0 Å². The Hall–Kier alpha value is -0.610. The number of morpholine rings is 1. The minimum absolute atomic E-state index is 0.220. The van der Waals surface area contributed by atoms with Crippen LogP contribution < -0.4 is 5.32 Å². The monoisotopic (exact) mass is 240 g/mol. The molecule has 2 rings (SSSR count). The average Bonchev–Trinajstić information content (AvgIpc) is 2.67. The molecule has 0 bridgehead atoms. The number of amides is 1. The topological polar surface area (TPSA) is 41.6 Å². The fourth-order valence-corrected chi connectivity index (χ4v) is 2.77. The van der Waals surface area contributed by atoms with Crippen molar-refractivity contribution in [1.82, 2.24) is 10.2 Å². The van der Waals surface area contributed by atoms with E-state index in [9.17, 15) is 4.79 Å². The zero-order valence-electron chi connectivity index (χ0n) is 11.0. The van der Waals surface area contributed by atoms with Gasteiger partial charge >= 0.3 is 0 Å². The smallest absolute Gasteiger partial charge is 0.236 e. The molecule has 0 aromatic heterocycles. The summed E-state index contributed by atoms with van der Waals surface area (Å²) in [5, 5.41) is 3.40. The molecular formula is C13H24N2O2. The number of nitrogens with one attached hydrogen (secondary N) is 1. The van der Waals surface area contributed by atoms with Gasteiger partial charge in [0, 0.05) is 19.1 Å². The first-order valence-corrected chi connectivity index (χ1v) is 6.66. The van der Waals surface area contributed by atoms with Gasteiger partial charge in [-0.3, -0.25) is 4.79 Å². The Morgan fingerprint density at radius 2 is 2.12 bits per heavy atom.